The average Bonchev–Trinajstić information content (AvgIpc) is 2.49. The van der Waals surface area contributed by atoms with Crippen LogP contribution in [0.3, 0.4) is 0 Å². The van der Waals surface area contributed by atoms with E-state index in [0.29, 0.717) is 23.0 Å². The Hall–Kier alpha value is -2.70. The van der Waals surface area contributed by atoms with Crippen LogP contribution in [0, 0.1) is 5.53 Å². The number of carbonyl (C=O) groups excluding carboxylic acids is 1. The maximum Gasteiger partial charge on any atom is 0.573 e. The Balaban J connectivity index is 2.23. The van der Waals surface area contributed by atoms with Crippen molar-refractivity contribution >= 4 is 6.29 Å². The largest absolute Gasteiger partial charge is 0.573 e. The molecule has 0 bridgehead atoms. The van der Waals surface area contributed by atoms with E-state index in [0.717, 1.165) is 0 Å². The molecule has 2 aromatic carbocycles. The number of hydrogen-bond acceptors (Lipinski definition) is 4. The molecule has 0 radical (unpaired) electrons. The Morgan fingerprint density at radius 2 is 1.50 bits per heavy atom. The smallest absolute Gasteiger partial charge is 0.406 e. The number of aldehydes is 1. The molecular weight excluding hydrogens is 297 g/mol. The van der Waals surface area contributed by atoms with Gasteiger partial charge < -0.3 is 4.74 Å². The molecule has 2 rings (SSSR count). The first-order chi connectivity index (χ1) is 10.4. The first-order valence-corrected chi connectivity index (χ1v) is 6.20. The molecule has 0 heterocycles. The normalized spacial score (nSPS) is 12.5. The molecular formula is C15H11F3N2O2. The molecule has 0 aliphatic carbocycles. The first kappa shape index (κ1) is 15.7. The van der Waals surface area contributed by atoms with Crippen LogP contribution < -0.4 is 4.74 Å². The van der Waals surface area contributed by atoms with Crippen molar-refractivity contribution in [1.82, 2.24) is 0 Å². The topological polar surface area (TPSA) is 62.5 Å². The number of hydrogen-bond donors (Lipinski definition) is 1. The first-order valence-electron chi connectivity index (χ1n) is 6.20. The van der Waals surface area contributed by atoms with Gasteiger partial charge in [-0.15, -0.1) is 13.2 Å². The van der Waals surface area contributed by atoms with Gasteiger partial charge in [0.2, 0.25) is 0 Å². The van der Waals surface area contributed by atoms with Crippen LogP contribution in [0.15, 0.2) is 53.6 Å². The van der Waals surface area contributed by atoms with Gasteiger partial charge in [-0.25, -0.2) is 5.53 Å². The summed E-state index contributed by atoms with van der Waals surface area (Å²) in [7, 11) is 0. The van der Waals surface area contributed by atoms with Crippen molar-refractivity contribution in [3.8, 4) is 5.75 Å². The van der Waals surface area contributed by atoms with Crippen LogP contribution >= 0.6 is 0 Å². The second kappa shape index (κ2) is 6.38. The second-order valence-corrected chi connectivity index (χ2v) is 4.43. The van der Waals surface area contributed by atoms with Crippen molar-refractivity contribution in [3.63, 3.8) is 0 Å². The molecule has 4 nitrogen and oxygen atoms in total. The SMILES string of the molecule is N=NC(c1ccc(C=O)cc1)c1ccc(OC(F)(F)F)cc1. The Bertz CT molecular complexity index is 652. The minimum Gasteiger partial charge on any atom is -0.406 e. The summed E-state index contributed by atoms with van der Waals surface area (Å²) in [4.78, 5) is 10.6. The van der Waals surface area contributed by atoms with E-state index >= 15 is 0 Å². The van der Waals surface area contributed by atoms with E-state index < -0.39 is 12.4 Å². The van der Waals surface area contributed by atoms with Crippen LogP contribution in [0.1, 0.15) is 27.5 Å². The maximum absolute atomic E-state index is 12.1. The fourth-order valence-corrected chi connectivity index (χ4v) is 1.95. The van der Waals surface area contributed by atoms with Gasteiger partial charge in [-0.3, -0.25) is 4.79 Å². The lowest BCUT2D eigenvalue weighted by Gasteiger charge is -2.13. The van der Waals surface area contributed by atoms with Crippen LogP contribution in [0.25, 0.3) is 0 Å². The van der Waals surface area contributed by atoms with Crippen molar-refractivity contribution in [2.75, 3.05) is 0 Å². The van der Waals surface area contributed by atoms with E-state index in [4.69, 9.17) is 5.53 Å². The van der Waals surface area contributed by atoms with Crippen LogP contribution in [0.5, 0.6) is 5.75 Å². The molecule has 0 saturated carbocycles. The molecule has 0 aromatic heterocycles. The summed E-state index contributed by atoms with van der Waals surface area (Å²) in [6, 6.07) is 11.0. The van der Waals surface area contributed by atoms with Crippen molar-refractivity contribution in [1.29, 1.82) is 5.53 Å². The standard InChI is InChI=1S/C15H11F3N2O2/c16-15(17,18)22-13-7-5-12(6-8-13)14(20-19)11-3-1-10(9-21)2-4-11/h1-9,14,19H. The third kappa shape index (κ3) is 3.91. The maximum atomic E-state index is 12.1. The lowest BCUT2D eigenvalue weighted by atomic mass is 9.98. The summed E-state index contributed by atoms with van der Waals surface area (Å²) in [6.07, 6.45) is -4.05. The zero-order valence-corrected chi connectivity index (χ0v) is 11.2. The molecule has 0 spiro atoms. The van der Waals surface area contributed by atoms with Crippen LogP contribution in [-0.2, 0) is 0 Å². The highest BCUT2D eigenvalue weighted by Gasteiger charge is 2.31. The Labute approximate surface area is 124 Å². The molecule has 0 aliphatic rings. The van der Waals surface area contributed by atoms with Gasteiger partial charge in [0.1, 0.15) is 18.1 Å². The van der Waals surface area contributed by atoms with Gasteiger partial charge in [0.15, 0.2) is 0 Å². The van der Waals surface area contributed by atoms with Gasteiger partial charge in [-0.1, -0.05) is 36.4 Å². The fraction of sp³-hybridized carbons (Fsp3) is 0.133. The van der Waals surface area contributed by atoms with Gasteiger partial charge in [0, 0.05) is 5.56 Å². The number of benzene rings is 2. The minimum atomic E-state index is -4.74. The molecule has 2 aromatic rings. The highest BCUT2D eigenvalue weighted by atomic mass is 19.4. The third-order valence-electron chi connectivity index (χ3n) is 2.95. The molecule has 0 amide bonds. The van der Waals surface area contributed by atoms with E-state index in [9.17, 15) is 18.0 Å². The zero-order chi connectivity index (χ0) is 16.2. The van der Waals surface area contributed by atoms with E-state index in [1.165, 1.54) is 24.3 Å². The van der Waals surface area contributed by atoms with E-state index in [1.807, 2.05) is 0 Å². The molecule has 0 aliphatic heterocycles. The van der Waals surface area contributed by atoms with Gasteiger partial charge in [-0.05, 0) is 23.3 Å². The van der Waals surface area contributed by atoms with Crippen molar-refractivity contribution in [2.24, 2.45) is 5.11 Å². The van der Waals surface area contributed by atoms with Gasteiger partial charge in [-0.2, -0.15) is 5.11 Å². The van der Waals surface area contributed by atoms with Crippen LogP contribution in [0.4, 0.5) is 13.2 Å². The third-order valence-corrected chi connectivity index (χ3v) is 2.95. The quantitative estimate of drug-likeness (QED) is 0.652. The molecule has 1 N–H and O–H groups in total. The van der Waals surface area contributed by atoms with Crippen molar-refractivity contribution < 1.29 is 22.7 Å². The average molecular weight is 308 g/mol. The van der Waals surface area contributed by atoms with Crippen molar-refractivity contribution in [3.05, 3.63) is 65.2 Å². The Morgan fingerprint density at radius 3 is 1.91 bits per heavy atom. The molecule has 0 fully saturated rings. The minimum absolute atomic E-state index is 0.337. The summed E-state index contributed by atoms with van der Waals surface area (Å²) < 4.78 is 40.1. The number of rotatable bonds is 5. The predicted molar refractivity (Wildman–Crippen MR) is 71.9 cm³/mol. The lowest BCUT2D eigenvalue weighted by Crippen LogP contribution is -2.17. The second-order valence-electron chi connectivity index (χ2n) is 4.43. The summed E-state index contributed by atoms with van der Waals surface area (Å²) in [5.74, 6) is -0.337. The number of ether oxygens (including phenoxy) is 1. The highest BCUT2D eigenvalue weighted by Crippen LogP contribution is 2.29. The predicted octanol–water partition coefficient (Wildman–Crippen LogP) is 4.52. The number of carbonyl (C=O) groups is 1. The van der Waals surface area contributed by atoms with E-state index in [1.54, 1.807) is 24.3 Å². The summed E-state index contributed by atoms with van der Waals surface area (Å²) >= 11 is 0. The lowest BCUT2D eigenvalue weighted by molar-refractivity contribution is -0.274. The van der Waals surface area contributed by atoms with Gasteiger partial charge in [0.05, 0.1) is 0 Å². The van der Waals surface area contributed by atoms with Crippen LogP contribution in [-0.4, -0.2) is 12.6 Å². The Morgan fingerprint density at radius 1 is 1.00 bits per heavy atom. The molecule has 0 saturated heterocycles. The van der Waals surface area contributed by atoms with Crippen molar-refractivity contribution in [2.45, 2.75) is 12.4 Å². The van der Waals surface area contributed by atoms with E-state index in [2.05, 4.69) is 9.85 Å². The molecule has 1 atom stereocenters. The fourth-order valence-electron chi connectivity index (χ4n) is 1.95. The summed E-state index contributed by atoms with van der Waals surface area (Å²) in [5, 5.41) is 3.49. The molecule has 7 heteroatoms. The van der Waals surface area contributed by atoms with Gasteiger partial charge in [0.25, 0.3) is 0 Å². The Kier molecular flexibility index (Phi) is 4.55. The number of alkyl halides is 3. The number of halogens is 3. The monoisotopic (exact) mass is 308 g/mol. The summed E-state index contributed by atoms with van der Waals surface area (Å²) in [6.45, 7) is 0. The molecule has 22 heavy (non-hydrogen) atoms. The highest BCUT2D eigenvalue weighted by molar-refractivity contribution is 5.74. The van der Waals surface area contributed by atoms with Crippen LogP contribution in [0.2, 0.25) is 0 Å². The summed E-state index contributed by atoms with van der Waals surface area (Å²) in [5.41, 5.74) is 8.97. The number of nitrogens with one attached hydrogen (secondary N) is 1. The van der Waals surface area contributed by atoms with Gasteiger partial charge >= 0.3 is 6.36 Å². The molecule has 114 valence electrons. The number of nitrogens with zero attached hydrogens (tertiary/aromatic N) is 1. The van der Waals surface area contributed by atoms with E-state index in [-0.39, 0.29) is 5.75 Å². The molecule has 1 unspecified atom stereocenters. The zero-order valence-electron chi connectivity index (χ0n) is 11.2.